The number of hydrogen-bond donors (Lipinski definition) is 0. The molecular formula is C18H20N2O2S. The second-order valence-corrected chi connectivity index (χ2v) is 6.71. The fraction of sp³-hybridized carbons (Fsp3) is 0.333. The lowest BCUT2D eigenvalue weighted by atomic mass is 10.1. The molecule has 4 nitrogen and oxygen atoms in total. The minimum absolute atomic E-state index is 0.0102. The molecule has 0 N–H and O–H groups in total. The summed E-state index contributed by atoms with van der Waals surface area (Å²) >= 11 is 1.59. The molecular weight excluding hydrogens is 308 g/mol. The number of rotatable bonds is 5. The van der Waals surface area contributed by atoms with Gasteiger partial charge in [-0.2, -0.15) is 0 Å². The van der Waals surface area contributed by atoms with Gasteiger partial charge in [-0.1, -0.05) is 25.1 Å². The van der Waals surface area contributed by atoms with E-state index in [-0.39, 0.29) is 5.56 Å². The molecule has 5 heteroatoms. The first-order valence-electron chi connectivity index (χ1n) is 7.77. The maximum absolute atomic E-state index is 12.5. The van der Waals surface area contributed by atoms with E-state index in [0.29, 0.717) is 18.5 Å². The van der Waals surface area contributed by atoms with E-state index in [9.17, 15) is 4.79 Å². The molecule has 0 saturated heterocycles. The van der Waals surface area contributed by atoms with Gasteiger partial charge in [-0.25, -0.2) is 4.98 Å². The molecule has 0 aliphatic heterocycles. The van der Waals surface area contributed by atoms with Crippen LogP contribution in [0.5, 0.6) is 5.75 Å². The molecule has 0 atom stereocenters. The van der Waals surface area contributed by atoms with Crippen molar-refractivity contribution in [1.82, 2.24) is 9.55 Å². The number of fused-ring (bicyclic) bond motifs is 1. The standard InChI is InChI=1S/C18H20N2O2S/c1-4-14-10-15-17(23-14)19-11-20(18(15)21)8-9-22-16-12(2)6-5-7-13(16)3/h5-7,10-11H,4,8-9H2,1-3H3. The average molecular weight is 328 g/mol. The van der Waals surface area contributed by atoms with Gasteiger partial charge in [0.2, 0.25) is 0 Å². The van der Waals surface area contributed by atoms with Gasteiger partial charge >= 0.3 is 0 Å². The molecule has 2 aromatic heterocycles. The lowest BCUT2D eigenvalue weighted by Gasteiger charge is -2.12. The van der Waals surface area contributed by atoms with Crippen molar-refractivity contribution < 1.29 is 4.74 Å². The van der Waals surface area contributed by atoms with E-state index in [1.54, 1.807) is 22.2 Å². The molecule has 23 heavy (non-hydrogen) atoms. The van der Waals surface area contributed by atoms with Crippen LogP contribution in [-0.4, -0.2) is 16.2 Å². The Morgan fingerprint density at radius 2 is 2.00 bits per heavy atom. The maximum atomic E-state index is 12.5. The third kappa shape index (κ3) is 3.15. The molecule has 0 saturated carbocycles. The first-order valence-corrected chi connectivity index (χ1v) is 8.58. The average Bonchev–Trinajstić information content (AvgIpc) is 2.96. The summed E-state index contributed by atoms with van der Waals surface area (Å²) in [7, 11) is 0. The SMILES string of the molecule is CCc1cc2c(=O)n(CCOc3c(C)cccc3C)cnc2s1. The van der Waals surface area contributed by atoms with Crippen molar-refractivity contribution in [2.75, 3.05) is 6.61 Å². The maximum Gasteiger partial charge on any atom is 0.262 e. The van der Waals surface area contributed by atoms with Crippen molar-refractivity contribution >= 4 is 21.6 Å². The Kier molecular flexibility index (Phi) is 4.48. The number of hydrogen-bond acceptors (Lipinski definition) is 4. The Balaban J connectivity index is 1.77. The highest BCUT2D eigenvalue weighted by Gasteiger charge is 2.09. The first kappa shape index (κ1) is 15.7. The lowest BCUT2D eigenvalue weighted by molar-refractivity contribution is 0.292. The molecule has 0 aliphatic carbocycles. The number of para-hydroxylation sites is 1. The van der Waals surface area contributed by atoms with Gasteiger partial charge in [-0.3, -0.25) is 9.36 Å². The minimum atomic E-state index is 0.0102. The number of thiophene rings is 1. The number of ether oxygens (including phenoxy) is 1. The van der Waals surface area contributed by atoms with Gasteiger partial charge in [0.25, 0.3) is 5.56 Å². The molecule has 2 heterocycles. The second-order valence-electron chi connectivity index (χ2n) is 5.60. The predicted molar refractivity (Wildman–Crippen MR) is 94.7 cm³/mol. The fourth-order valence-corrected chi connectivity index (χ4v) is 3.54. The quantitative estimate of drug-likeness (QED) is 0.717. The van der Waals surface area contributed by atoms with E-state index >= 15 is 0 Å². The normalized spacial score (nSPS) is 11.1. The summed E-state index contributed by atoms with van der Waals surface area (Å²) in [6, 6.07) is 8.03. The van der Waals surface area contributed by atoms with Crippen LogP contribution in [0.3, 0.4) is 0 Å². The minimum Gasteiger partial charge on any atom is -0.491 e. The molecule has 0 fully saturated rings. The van der Waals surface area contributed by atoms with Gasteiger partial charge in [0.05, 0.1) is 18.3 Å². The zero-order valence-corrected chi connectivity index (χ0v) is 14.4. The number of benzene rings is 1. The summed E-state index contributed by atoms with van der Waals surface area (Å²) in [6.45, 7) is 7.08. The summed E-state index contributed by atoms with van der Waals surface area (Å²) in [6.07, 6.45) is 2.55. The smallest absolute Gasteiger partial charge is 0.262 e. The Bertz CT molecular complexity index is 875. The monoisotopic (exact) mass is 328 g/mol. The third-order valence-corrected chi connectivity index (χ3v) is 5.09. The second kappa shape index (κ2) is 6.54. The fourth-order valence-electron chi connectivity index (χ4n) is 2.62. The molecule has 0 radical (unpaired) electrons. The molecule has 3 rings (SSSR count). The Morgan fingerprint density at radius 1 is 1.26 bits per heavy atom. The summed E-state index contributed by atoms with van der Waals surface area (Å²) < 4.78 is 7.51. The molecule has 1 aromatic carbocycles. The first-order chi connectivity index (χ1) is 11.1. The van der Waals surface area contributed by atoms with E-state index in [2.05, 4.69) is 11.9 Å². The van der Waals surface area contributed by atoms with E-state index in [1.807, 2.05) is 38.1 Å². The van der Waals surface area contributed by atoms with Crippen molar-refractivity contribution in [3.8, 4) is 5.75 Å². The van der Waals surface area contributed by atoms with E-state index in [1.165, 1.54) is 4.88 Å². The van der Waals surface area contributed by atoms with Crippen molar-refractivity contribution in [3.05, 3.63) is 57.0 Å². The summed E-state index contributed by atoms with van der Waals surface area (Å²) in [5.74, 6) is 0.901. The van der Waals surface area contributed by atoms with Crippen LogP contribution in [0.25, 0.3) is 10.2 Å². The van der Waals surface area contributed by atoms with Crippen LogP contribution < -0.4 is 10.3 Å². The molecule has 0 spiro atoms. The van der Waals surface area contributed by atoms with E-state index in [0.717, 1.165) is 28.1 Å². The van der Waals surface area contributed by atoms with E-state index in [4.69, 9.17) is 4.74 Å². The van der Waals surface area contributed by atoms with Crippen LogP contribution in [0.15, 0.2) is 35.4 Å². The summed E-state index contributed by atoms with van der Waals surface area (Å²) in [5, 5.41) is 0.710. The number of aromatic nitrogens is 2. The van der Waals surface area contributed by atoms with Crippen molar-refractivity contribution in [2.45, 2.75) is 33.7 Å². The van der Waals surface area contributed by atoms with Crippen molar-refractivity contribution in [1.29, 1.82) is 0 Å². The summed E-state index contributed by atoms with van der Waals surface area (Å²) in [4.78, 5) is 18.9. The van der Waals surface area contributed by atoms with Crippen molar-refractivity contribution in [3.63, 3.8) is 0 Å². The molecule has 0 bridgehead atoms. The van der Waals surface area contributed by atoms with Gasteiger partial charge in [0.1, 0.15) is 17.2 Å². The topological polar surface area (TPSA) is 44.1 Å². The van der Waals surface area contributed by atoms with Crippen LogP contribution in [0, 0.1) is 13.8 Å². The van der Waals surface area contributed by atoms with Crippen LogP contribution in [0.1, 0.15) is 22.9 Å². The Hall–Kier alpha value is -2.14. The third-order valence-electron chi connectivity index (χ3n) is 3.90. The van der Waals surface area contributed by atoms with Gasteiger partial charge in [0, 0.05) is 4.88 Å². The number of aryl methyl sites for hydroxylation is 3. The van der Waals surface area contributed by atoms with Crippen molar-refractivity contribution in [2.24, 2.45) is 0 Å². The molecule has 0 unspecified atom stereocenters. The van der Waals surface area contributed by atoms with Crippen LogP contribution >= 0.6 is 11.3 Å². The molecule has 3 aromatic rings. The van der Waals surface area contributed by atoms with E-state index < -0.39 is 0 Å². The molecule has 120 valence electrons. The van der Waals surface area contributed by atoms with Crippen LogP contribution in [-0.2, 0) is 13.0 Å². The van der Waals surface area contributed by atoms with Gasteiger partial charge in [-0.15, -0.1) is 11.3 Å². The Morgan fingerprint density at radius 3 is 2.70 bits per heavy atom. The zero-order valence-electron chi connectivity index (χ0n) is 13.6. The largest absolute Gasteiger partial charge is 0.491 e. The lowest BCUT2D eigenvalue weighted by Crippen LogP contribution is -2.23. The predicted octanol–water partition coefficient (Wildman–Crippen LogP) is 3.72. The van der Waals surface area contributed by atoms with Crippen LogP contribution in [0.2, 0.25) is 0 Å². The highest BCUT2D eigenvalue weighted by molar-refractivity contribution is 7.18. The number of nitrogens with zero attached hydrogens (tertiary/aromatic N) is 2. The molecule has 0 aliphatic rings. The van der Waals surface area contributed by atoms with Gasteiger partial charge < -0.3 is 4.74 Å². The molecule has 0 amide bonds. The Labute approximate surface area is 139 Å². The van der Waals surface area contributed by atoms with Gasteiger partial charge in [0.15, 0.2) is 0 Å². The van der Waals surface area contributed by atoms with Gasteiger partial charge in [-0.05, 0) is 37.5 Å². The van der Waals surface area contributed by atoms with Crippen LogP contribution in [0.4, 0.5) is 0 Å². The zero-order chi connectivity index (χ0) is 16.4. The summed E-state index contributed by atoms with van der Waals surface area (Å²) in [5.41, 5.74) is 2.23. The highest BCUT2D eigenvalue weighted by Crippen LogP contribution is 2.23. The highest BCUT2D eigenvalue weighted by atomic mass is 32.1.